The van der Waals surface area contributed by atoms with E-state index in [0.29, 0.717) is 17.0 Å². The Morgan fingerprint density at radius 2 is 1.91 bits per heavy atom. The van der Waals surface area contributed by atoms with Crippen LogP contribution in [0, 0.1) is 6.92 Å². The third-order valence-electron chi connectivity index (χ3n) is 7.31. The van der Waals surface area contributed by atoms with Gasteiger partial charge in [-0.3, -0.25) is 14.4 Å². The number of rotatable bonds is 6. The van der Waals surface area contributed by atoms with Crippen LogP contribution in [0.2, 0.25) is 0 Å². The van der Waals surface area contributed by atoms with E-state index >= 15 is 0 Å². The highest BCUT2D eigenvalue weighted by Gasteiger charge is 2.34. The predicted octanol–water partition coefficient (Wildman–Crippen LogP) is 4.05. The average molecular weight is 560 g/mol. The molecule has 7 nitrogen and oxygen atoms in total. The molecule has 3 fully saturated rings. The molecule has 35 heavy (non-hydrogen) atoms. The number of thiophene rings is 1. The number of amides is 3. The van der Waals surface area contributed by atoms with E-state index in [1.807, 2.05) is 31.2 Å². The fraction of sp³-hybridized carbons (Fsp3) is 0.500. The quantitative estimate of drug-likeness (QED) is 0.580. The highest BCUT2D eigenvalue weighted by Crippen LogP contribution is 2.28. The van der Waals surface area contributed by atoms with Gasteiger partial charge in [0.1, 0.15) is 0 Å². The summed E-state index contributed by atoms with van der Waals surface area (Å²) in [5.74, 6) is -0.0892. The molecule has 1 unspecified atom stereocenters. The van der Waals surface area contributed by atoms with Gasteiger partial charge in [-0.25, -0.2) is 0 Å². The Morgan fingerprint density at radius 3 is 2.63 bits per heavy atom. The first-order valence-corrected chi connectivity index (χ1v) is 14.0. The number of halogens is 1. The van der Waals surface area contributed by atoms with Crippen LogP contribution in [0.4, 0.5) is 5.69 Å². The Balaban J connectivity index is 1.24. The van der Waals surface area contributed by atoms with Crippen molar-refractivity contribution < 1.29 is 14.4 Å². The molecule has 3 saturated heterocycles. The smallest absolute Gasteiger partial charge is 0.261 e. The van der Waals surface area contributed by atoms with Crippen LogP contribution < -0.4 is 10.2 Å². The van der Waals surface area contributed by atoms with Gasteiger partial charge in [0.05, 0.1) is 14.7 Å². The lowest BCUT2D eigenvalue weighted by Gasteiger charge is -2.29. The summed E-state index contributed by atoms with van der Waals surface area (Å²) in [4.78, 5) is 45.5. The van der Waals surface area contributed by atoms with Crippen molar-refractivity contribution in [3.8, 4) is 0 Å². The van der Waals surface area contributed by atoms with Gasteiger partial charge in [0.25, 0.3) is 11.8 Å². The van der Waals surface area contributed by atoms with Crippen molar-refractivity contribution in [2.45, 2.75) is 51.1 Å². The summed E-state index contributed by atoms with van der Waals surface area (Å²) in [5, 5.41) is 2.98. The zero-order valence-corrected chi connectivity index (χ0v) is 22.4. The molecule has 3 amide bonds. The average Bonchev–Trinajstić information content (AvgIpc) is 3.62. The van der Waals surface area contributed by atoms with Crippen LogP contribution >= 0.6 is 27.3 Å². The number of hydrogen-bond acceptors (Lipinski definition) is 5. The van der Waals surface area contributed by atoms with Crippen molar-refractivity contribution in [3.05, 3.63) is 50.1 Å². The molecule has 2 atom stereocenters. The van der Waals surface area contributed by atoms with Crippen molar-refractivity contribution >= 4 is 50.7 Å². The zero-order valence-electron chi connectivity index (χ0n) is 20.0. The number of carbonyl (C=O) groups is 3. The summed E-state index contributed by atoms with van der Waals surface area (Å²) in [6.07, 6.45) is 4.90. The normalized spacial score (nSPS) is 22.9. The maximum Gasteiger partial charge on any atom is 0.261 e. The number of hydrogen-bond donors (Lipinski definition) is 1. The molecule has 0 spiro atoms. The summed E-state index contributed by atoms with van der Waals surface area (Å²) in [6, 6.07) is 9.31. The second kappa shape index (κ2) is 10.4. The Bertz CT molecular complexity index is 1130. The van der Waals surface area contributed by atoms with Gasteiger partial charge in [0.15, 0.2) is 0 Å². The van der Waals surface area contributed by atoms with Crippen molar-refractivity contribution in [3.63, 3.8) is 0 Å². The number of benzene rings is 1. The number of nitrogens with zero attached hydrogens (tertiary/aromatic N) is 3. The monoisotopic (exact) mass is 558 g/mol. The van der Waals surface area contributed by atoms with Gasteiger partial charge >= 0.3 is 0 Å². The number of aryl methyl sites for hydroxylation is 1. The Morgan fingerprint density at radius 1 is 1.11 bits per heavy atom. The molecule has 0 saturated carbocycles. The molecule has 186 valence electrons. The van der Waals surface area contributed by atoms with Crippen LogP contribution in [0.3, 0.4) is 0 Å². The van der Waals surface area contributed by atoms with Gasteiger partial charge in [0, 0.05) is 43.3 Å². The molecule has 0 aliphatic carbocycles. The van der Waals surface area contributed by atoms with Crippen LogP contribution in [-0.2, 0) is 4.79 Å². The van der Waals surface area contributed by atoms with Crippen LogP contribution in [0.25, 0.3) is 0 Å². The number of carbonyl (C=O) groups excluding carboxylic acids is 3. The summed E-state index contributed by atoms with van der Waals surface area (Å²) in [5.41, 5.74) is 2.36. The first-order valence-electron chi connectivity index (χ1n) is 12.4. The van der Waals surface area contributed by atoms with Crippen molar-refractivity contribution in [1.82, 2.24) is 15.1 Å². The number of anilines is 1. The Labute approximate surface area is 218 Å². The molecule has 1 N–H and O–H groups in total. The summed E-state index contributed by atoms with van der Waals surface area (Å²) in [7, 11) is 0. The van der Waals surface area contributed by atoms with E-state index in [-0.39, 0.29) is 36.2 Å². The lowest BCUT2D eigenvalue weighted by atomic mass is 10.1. The third kappa shape index (κ3) is 5.32. The molecule has 3 aliphatic heterocycles. The highest BCUT2D eigenvalue weighted by molar-refractivity contribution is 9.11. The van der Waals surface area contributed by atoms with Crippen molar-refractivity contribution in [2.75, 3.05) is 37.6 Å². The minimum absolute atomic E-state index is 0.0219. The zero-order chi connectivity index (χ0) is 24.5. The molecule has 0 bridgehead atoms. The summed E-state index contributed by atoms with van der Waals surface area (Å²) < 4.78 is 0.896. The fourth-order valence-electron chi connectivity index (χ4n) is 5.51. The van der Waals surface area contributed by atoms with E-state index in [1.165, 1.54) is 24.2 Å². The fourth-order valence-corrected chi connectivity index (χ4v) is 6.80. The Kier molecular flexibility index (Phi) is 7.27. The van der Waals surface area contributed by atoms with Crippen LogP contribution in [0.5, 0.6) is 0 Å². The first kappa shape index (κ1) is 24.5. The molecule has 5 rings (SSSR count). The second-order valence-electron chi connectivity index (χ2n) is 9.78. The lowest BCUT2D eigenvalue weighted by Crippen LogP contribution is -2.42. The third-order valence-corrected chi connectivity index (χ3v) is 8.94. The molecule has 9 heteroatoms. The molecule has 0 radical (unpaired) electrons. The highest BCUT2D eigenvalue weighted by atomic mass is 79.9. The van der Waals surface area contributed by atoms with E-state index < -0.39 is 0 Å². The Hall–Kier alpha value is -2.23. The van der Waals surface area contributed by atoms with Gasteiger partial charge in [-0.1, -0.05) is 0 Å². The molecule has 1 aromatic carbocycles. The van der Waals surface area contributed by atoms with E-state index in [1.54, 1.807) is 11.0 Å². The molecule has 2 aromatic rings. The van der Waals surface area contributed by atoms with Crippen molar-refractivity contribution in [1.29, 1.82) is 0 Å². The van der Waals surface area contributed by atoms with Gasteiger partial charge < -0.3 is 20.0 Å². The SMILES string of the molecule is Cc1cc(N2CC(NC(=O)c3ccc(Br)s3)CC2=O)ccc1C(=O)N1CCC[C@H]1CN1CCCC1. The second-order valence-corrected chi connectivity index (χ2v) is 12.2. The van der Waals surface area contributed by atoms with Crippen LogP contribution in [-0.4, -0.2) is 72.3 Å². The molecular weight excluding hydrogens is 528 g/mol. The van der Waals surface area contributed by atoms with E-state index in [9.17, 15) is 14.4 Å². The largest absolute Gasteiger partial charge is 0.346 e. The van der Waals surface area contributed by atoms with Gasteiger partial charge in [-0.05, 0) is 97.5 Å². The minimum Gasteiger partial charge on any atom is -0.346 e. The van der Waals surface area contributed by atoms with Gasteiger partial charge in [-0.2, -0.15) is 0 Å². The first-order chi connectivity index (χ1) is 16.9. The van der Waals surface area contributed by atoms with E-state index in [0.717, 1.165) is 54.1 Å². The molecule has 4 heterocycles. The van der Waals surface area contributed by atoms with Crippen molar-refractivity contribution in [2.24, 2.45) is 0 Å². The number of nitrogens with one attached hydrogen (secondary N) is 1. The standard InChI is InChI=1S/C26H31BrN4O3S/c1-17-13-19(31-15-18(14-24(31)32)28-25(33)22-8-9-23(27)35-22)6-7-21(17)26(34)30-12-4-5-20(30)16-29-10-2-3-11-29/h6-9,13,18,20H,2-5,10-12,14-16H2,1H3,(H,28,33)/t18?,20-/m0/s1. The molecule has 3 aliphatic rings. The van der Waals surface area contributed by atoms with E-state index in [2.05, 4.69) is 31.0 Å². The maximum absolute atomic E-state index is 13.4. The molecular formula is C26H31BrN4O3S. The lowest BCUT2D eigenvalue weighted by molar-refractivity contribution is -0.117. The maximum atomic E-state index is 13.4. The molecule has 1 aromatic heterocycles. The minimum atomic E-state index is -0.242. The van der Waals surface area contributed by atoms with E-state index in [4.69, 9.17) is 0 Å². The van der Waals surface area contributed by atoms with Gasteiger partial charge in [-0.15, -0.1) is 11.3 Å². The number of likely N-dealkylation sites (tertiary alicyclic amines) is 2. The van der Waals surface area contributed by atoms with Crippen LogP contribution in [0.15, 0.2) is 34.1 Å². The topological polar surface area (TPSA) is 73.0 Å². The van der Waals surface area contributed by atoms with Gasteiger partial charge in [0.2, 0.25) is 5.91 Å². The summed E-state index contributed by atoms with van der Waals surface area (Å²) >= 11 is 4.75. The predicted molar refractivity (Wildman–Crippen MR) is 141 cm³/mol. The van der Waals surface area contributed by atoms with Crippen LogP contribution in [0.1, 0.15) is 57.7 Å². The summed E-state index contributed by atoms with van der Waals surface area (Å²) in [6.45, 7) is 6.43.